The summed E-state index contributed by atoms with van der Waals surface area (Å²) in [4.78, 5) is 48.7. The van der Waals surface area contributed by atoms with Gasteiger partial charge in [0.2, 0.25) is 11.4 Å². The minimum atomic E-state index is -1.08. The summed E-state index contributed by atoms with van der Waals surface area (Å²) in [5.74, 6) is -4.56. The van der Waals surface area contributed by atoms with Gasteiger partial charge in [-0.15, -0.1) is 10.2 Å². The second-order valence-corrected chi connectivity index (χ2v) is 7.62. The van der Waals surface area contributed by atoms with Crippen LogP contribution in [0.1, 0.15) is 55.8 Å². The van der Waals surface area contributed by atoms with E-state index in [1.54, 1.807) is 13.8 Å². The van der Waals surface area contributed by atoms with Crippen LogP contribution in [-0.2, 0) is 41.5 Å². The van der Waals surface area contributed by atoms with Crippen LogP contribution in [0.4, 0.5) is 0 Å². The van der Waals surface area contributed by atoms with Crippen LogP contribution in [0.3, 0.4) is 0 Å². The zero-order valence-corrected chi connectivity index (χ0v) is 19.8. The Morgan fingerprint density at radius 1 is 0.714 bits per heavy atom. The summed E-state index contributed by atoms with van der Waals surface area (Å²) in [7, 11) is 4.54. The quantitative estimate of drug-likeness (QED) is 0.328. The van der Waals surface area contributed by atoms with Crippen LogP contribution in [0.15, 0.2) is 0 Å². The first-order chi connectivity index (χ1) is 16.6. The highest BCUT2D eigenvalue weighted by atomic mass is 16.8. The molecule has 0 unspecified atom stereocenters. The molecule has 2 aromatic heterocycles. The van der Waals surface area contributed by atoms with Gasteiger partial charge < -0.3 is 28.4 Å². The fourth-order valence-electron chi connectivity index (χ4n) is 3.51. The second-order valence-electron chi connectivity index (χ2n) is 7.62. The molecule has 0 saturated carbocycles. The van der Waals surface area contributed by atoms with E-state index in [1.165, 1.54) is 0 Å². The molecule has 16 nitrogen and oxygen atoms in total. The molecule has 1 aliphatic heterocycles. The lowest BCUT2D eigenvalue weighted by atomic mass is 10.2. The fourth-order valence-corrected chi connectivity index (χ4v) is 3.51. The minimum Gasteiger partial charge on any atom is -0.464 e. The van der Waals surface area contributed by atoms with E-state index in [4.69, 9.17) is 18.9 Å². The molecule has 35 heavy (non-hydrogen) atoms. The normalized spacial score (nSPS) is 18.7. The molecular weight excluding hydrogens is 472 g/mol. The van der Waals surface area contributed by atoms with Crippen molar-refractivity contribution >= 4 is 23.9 Å². The molecule has 16 heteroatoms. The predicted octanol–water partition coefficient (Wildman–Crippen LogP) is -0.764. The van der Waals surface area contributed by atoms with Crippen molar-refractivity contribution in [2.45, 2.75) is 44.9 Å². The average molecular weight is 496 g/mol. The van der Waals surface area contributed by atoms with E-state index in [1.807, 2.05) is 0 Å². The van der Waals surface area contributed by atoms with Crippen molar-refractivity contribution in [2.24, 2.45) is 0 Å². The number of hydrogen-bond acceptors (Lipinski definition) is 14. The Bertz CT molecular complexity index is 1050. The fraction of sp³-hybridized carbons (Fsp3) is 0.579. The van der Waals surface area contributed by atoms with Crippen LogP contribution in [0.2, 0.25) is 0 Å². The number of methoxy groups -OCH3 is 4. The maximum atomic E-state index is 12.3. The van der Waals surface area contributed by atoms with Gasteiger partial charge in [-0.3, -0.25) is 0 Å². The second kappa shape index (κ2) is 10.1. The minimum absolute atomic E-state index is 0.103. The Morgan fingerprint density at radius 2 is 1.06 bits per heavy atom. The number of nitrogens with zero attached hydrogens (tertiary/aromatic N) is 6. The summed E-state index contributed by atoms with van der Waals surface area (Å²) in [5, 5.41) is 15.2. The van der Waals surface area contributed by atoms with Crippen LogP contribution in [-0.4, -0.2) is 100 Å². The van der Waals surface area contributed by atoms with Gasteiger partial charge >= 0.3 is 23.9 Å². The highest BCUT2D eigenvalue weighted by Crippen LogP contribution is 2.31. The molecule has 0 bridgehead atoms. The Balaban J connectivity index is 1.95. The predicted molar refractivity (Wildman–Crippen MR) is 109 cm³/mol. The zero-order chi connectivity index (χ0) is 25.9. The van der Waals surface area contributed by atoms with Gasteiger partial charge in [-0.05, 0) is 13.8 Å². The molecule has 0 aromatic carbocycles. The third-order valence-electron chi connectivity index (χ3n) is 4.98. The lowest BCUT2D eigenvalue weighted by Crippen LogP contribution is -2.34. The first-order valence-corrected chi connectivity index (χ1v) is 10.1. The third kappa shape index (κ3) is 5.12. The van der Waals surface area contributed by atoms with Crippen LogP contribution in [0.25, 0.3) is 0 Å². The van der Waals surface area contributed by atoms with Gasteiger partial charge in [0.25, 0.3) is 0 Å². The van der Waals surface area contributed by atoms with Gasteiger partial charge in [0.15, 0.2) is 17.2 Å². The highest BCUT2D eigenvalue weighted by Gasteiger charge is 2.44. The van der Waals surface area contributed by atoms with Crippen molar-refractivity contribution in [3.05, 3.63) is 22.8 Å². The van der Waals surface area contributed by atoms with Gasteiger partial charge in [-0.2, -0.15) is 0 Å². The molecule has 190 valence electrons. The molecule has 0 amide bonds. The monoisotopic (exact) mass is 496 g/mol. The molecule has 2 atom stereocenters. The molecule has 0 aliphatic carbocycles. The molecule has 2 aromatic rings. The van der Waals surface area contributed by atoms with Crippen LogP contribution < -0.4 is 0 Å². The summed E-state index contributed by atoms with van der Waals surface area (Å²) in [6.45, 7) is 3.11. The zero-order valence-electron chi connectivity index (χ0n) is 19.8. The molecule has 3 heterocycles. The lowest BCUT2D eigenvalue weighted by molar-refractivity contribution is -0.148. The molecule has 0 N–H and O–H groups in total. The van der Waals surface area contributed by atoms with Crippen molar-refractivity contribution in [3.8, 4) is 0 Å². The van der Waals surface area contributed by atoms with Gasteiger partial charge in [0, 0.05) is 0 Å². The summed E-state index contributed by atoms with van der Waals surface area (Å²) in [6, 6.07) is 0. The standard InChI is InChI=1S/C19H24N6O10/c1-19(2)34-9(7-24-13(17(28)32-5)11(20-22-24)15(26)30-3)10(35-19)8-25-14(18(29)33-6)12(21-23-25)16(27)31-4/h9-10H,7-8H2,1-6H3/t9-,10-/m0/s1. The molecule has 1 saturated heterocycles. The van der Waals surface area contributed by atoms with E-state index in [9.17, 15) is 19.2 Å². The summed E-state index contributed by atoms with van der Waals surface area (Å²) < 4.78 is 33.0. The van der Waals surface area contributed by atoms with Crippen LogP contribution in [0.5, 0.6) is 0 Å². The molecule has 1 fully saturated rings. The number of carbonyl (C=O) groups is 4. The summed E-state index contributed by atoms with van der Waals surface area (Å²) in [5.41, 5.74) is -1.15. The van der Waals surface area contributed by atoms with Crippen molar-refractivity contribution in [2.75, 3.05) is 28.4 Å². The Morgan fingerprint density at radius 3 is 1.37 bits per heavy atom. The number of esters is 4. The Labute approximate surface area is 198 Å². The van der Waals surface area contributed by atoms with Crippen LogP contribution >= 0.6 is 0 Å². The van der Waals surface area contributed by atoms with E-state index in [0.717, 1.165) is 37.8 Å². The molecule has 1 aliphatic rings. The lowest BCUT2D eigenvalue weighted by Gasteiger charge is -2.18. The topological polar surface area (TPSA) is 185 Å². The maximum Gasteiger partial charge on any atom is 0.361 e. The van der Waals surface area contributed by atoms with E-state index in [0.29, 0.717) is 0 Å². The number of aromatic nitrogens is 6. The van der Waals surface area contributed by atoms with E-state index >= 15 is 0 Å². The molecule has 0 radical (unpaired) electrons. The van der Waals surface area contributed by atoms with Crippen molar-refractivity contribution in [1.82, 2.24) is 30.0 Å². The maximum absolute atomic E-state index is 12.3. The van der Waals surface area contributed by atoms with Crippen molar-refractivity contribution in [3.63, 3.8) is 0 Å². The first-order valence-electron chi connectivity index (χ1n) is 10.1. The van der Waals surface area contributed by atoms with Gasteiger partial charge in [0.05, 0.1) is 41.5 Å². The van der Waals surface area contributed by atoms with Crippen molar-refractivity contribution < 1.29 is 47.6 Å². The number of ether oxygens (including phenoxy) is 6. The SMILES string of the molecule is COC(=O)c1nnn(C[C@@H]2OC(C)(C)O[C@H]2Cn2nnc(C(=O)OC)c2C(=O)OC)c1C(=O)OC. The van der Waals surface area contributed by atoms with Gasteiger partial charge in [0.1, 0.15) is 12.2 Å². The number of carbonyl (C=O) groups excluding carboxylic acids is 4. The highest BCUT2D eigenvalue weighted by molar-refractivity contribution is 6.01. The smallest absolute Gasteiger partial charge is 0.361 e. The first kappa shape index (κ1) is 25.7. The molecular formula is C19H24N6O10. The number of rotatable bonds is 8. The van der Waals surface area contributed by atoms with E-state index < -0.39 is 41.9 Å². The summed E-state index contributed by atoms with van der Waals surface area (Å²) >= 11 is 0. The van der Waals surface area contributed by atoms with Crippen molar-refractivity contribution in [1.29, 1.82) is 0 Å². The van der Waals surface area contributed by atoms with E-state index in [2.05, 4.69) is 30.1 Å². The largest absolute Gasteiger partial charge is 0.464 e. The Kier molecular flexibility index (Phi) is 7.45. The van der Waals surface area contributed by atoms with E-state index in [-0.39, 0.29) is 35.9 Å². The number of hydrogen-bond donors (Lipinski definition) is 0. The van der Waals surface area contributed by atoms with Gasteiger partial charge in [-0.1, -0.05) is 10.4 Å². The Hall–Kier alpha value is -3.92. The third-order valence-corrected chi connectivity index (χ3v) is 4.98. The van der Waals surface area contributed by atoms with Gasteiger partial charge in [-0.25, -0.2) is 28.5 Å². The average Bonchev–Trinajstić information content (AvgIpc) is 3.52. The van der Waals surface area contributed by atoms with Crippen LogP contribution in [0, 0.1) is 0 Å². The summed E-state index contributed by atoms with van der Waals surface area (Å²) in [6.07, 6.45) is -1.56. The molecule has 0 spiro atoms. The molecule has 3 rings (SSSR count).